The molecule has 0 amide bonds. The molecule has 0 saturated carbocycles. The van der Waals surface area contributed by atoms with Gasteiger partial charge < -0.3 is 4.74 Å². The first-order valence-corrected chi connectivity index (χ1v) is 2.69. The number of esters is 1. The SMILES string of the molecule is C=C(I)C(=O)OC. The van der Waals surface area contributed by atoms with Gasteiger partial charge in [0.25, 0.3) is 0 Å². The maximum atomic E-state index is 10.2. The number of carbonyl (C=O) groups excluding carboxylic acids is 1. The third kappa shape index (κ3) is 2.61. The van der Waals surface area contributed by atoms with Crippen LogP contribution in [0.25, 0.3) is 0 Å². The van der Waals surface area contributed by atoms with Crippen LogP contribution in [0.15, 0.2) is 10.2 Å². The topological polar surface area (TPSA) is 26.3 Å². The number of halogens is 1. The molecule has 0 aliphatic rings. The molecule has 40 valence electrons. The van der Waals surface area contributed by atoms with Gasteiger partial charge in [-0.2, -0.15) is 0 Å². The number of ether oxygens (including phenoxy) is 1. The molecule has 3 heteroatoms. The van der Waals surface area contributed by atoms with Crippen molar-refractivity contribution >= 4 is 28.6 Å². The lowest BCUT2D eigenvalue weighted by molar-refractivity contribution is -0.135. The second-order valence-electron chi connectivity index (χ2n) is 0.896. The summed E-state index contributed by atoms with van der Waals surface area (Å²) in [5.74, 6) is -0.361. The summed E-state index contributed by atoms with van der Waals surface area (Å²) >= 11 is 1.80. The van der Waals surface area contributed by atoms with Crippen molar-refractivity contribution in [2.24, 2.45) is 0 Å². The Morgan fingerprint density at radius 1 is 1.86 bits per heavy atom. The van der Waals surface area contributed by atoms with Gasteiger partial charge in [-0.15, -0.1) is 0 Å². The van der Waals surface area contributed by atoms with E-state index in [0.717, 1.165) is 0 Å². The molecular weight excluding hydrogens is 207 g/mol. The average Bonchev–Trinajstić information content (AvgIpc) is 1.65. The molecule has 0 radical (unpaired) electrons. The molecule has 2 nitrogen and oxygen atoms in total. The summed E-state index contributed by atoms with van der Waals surface area (Å²) in [6.45, 7) is 3.34. The van der Waals surface area contributed by atoms with Crippen LogP contribution in [0.3, 0.4) is 0 Å². The highest BCUT2D eigenvalue weighted by Crippen LogP contribution is 2.01. The smallest absolute Gasteiger partial charge is 0.343 e. The second-order valence-corrected chi connectivity index (χ2v) is 2.20. The molecule has 0 bridgehead atoms. The van der Waals surface area contributed by atoms with Crippen molar-refractivity contribution in [1.82, 2.24) is 0 Å². The minimum absolute atomic E-state index is 0.361. The minimum Gasteiger partial charge on any atom is -0.465 e. The van der Waals surface area contributed by atoms with E-state index >= 15 is 0 Å². The van der Waals surface area contributed by atoms with Gasteiger partial charge in [0.1, 0.15) is 0 Å². The van der Waals surface area contributed by atoms with Gasteiger partial charge in [-0.1, -0.05) is 6.58 Å². The molecule has 0 aliphatic heterocycles. The van der Waals surface area contributed by atoms with Gasteiger partial charge in [-0.25, -0.2) is 4.79 Å². The summed E-state index contributed by atoms with van der Waals surface area (Å²) in [6.07, 6.45) is 0. The maximum absolute atomic E-state index is 10.2. The number of carbonyl (C=O) groups is 1. The van der Waals surface area contributed by atoms with Crippen molar-refractivity contribution < 1.29 is 9.53 Å². The van der Waals surface area contributed by atoms with Crippen LogP contribution in [-0.2, 0) is 9.53 Å². The van der Waals surface area contributed by atoms with E-state index < -0.39 is 0 Å². The Balaban J connectivity index is 3.58. The highest BCUT2D eigenvalue weighted by molar-refractivity contribution is 14.1. The molecule has 0 heterocycles. The number of methoxy groups -OCH3 is 1. The van der Waals surface area contributed by atoms with E-state index in [1.54, 1.807) is 22.6 Å². The van der Waals surface area contributed by atoms with Crippen molar-refractivity contribution in [2.45, 2.75) is 0 Å². The Kier molecular flexibility index (Phi) is 2.98. The zero-order chi connectivity index (χ0) is 5.86. The molecule has 0 aromatic carbocycles. The molecule has 0 unspecified atom stereocenters. The van der Waals surface area contributed by atoms with Crippen LogP contribution in [0.4, 0.5) is 0 Å². The fourth-order valence-electron chi connectivity index (χ4n) is 0.111. The maximum Gasteiger partial charge on any atom is 0.343 e. The average molecular weight is 212 g/mol. The first kappa shape index (κ1) is 6.94. The molecule has 0 rings (SSSR count). The monoisotopic (exact) mass is 212 g/mol. The third-order valence-electron chi connectivity index (χ3n) is 0.407. The van der Waals surface area contributed by atoms with Crippen molar-refractivity contribution in [3.8, 4) is 0 Å². The molecule has 0 aromatic rings. The van der Waals surface area contributed by atoms with E-state index in [4.69, 9.17) is 0 Å². The van der Waals surface area contributed by atoms with Crippen LogP contribution in [0.2, 0.25) is 0 Å². The summed E-state index contributed by atoms with van der Waals surface area (Å²) < 4.78 is 4.67. The standard InChI is InChI=1S/C4H5IO2/c1-3(5)4(6)7-2/h1H2,2H3. The summed E-state index contributed by atoms with van der Waals surface area (Å²) in [7, 11) is 1.33. The Morgan fingerprint density at radius 3 is 2.29 bits per heavy atom. The van der Waals surface area contributed by atoms with Crippen LogP contribution in [0.1, 0.15) is 0 Å². The van der Waals surface area contributed by atoms with E-state index in [2.05, 4.69) is 11.3 Å². The molecule has 0 atom stereocenters. The molecule has 0 spiro atoms. The lowest BCUT2D eigenvalue weighted by atomic mass is 10.7. The highest BCUT2D eigenvalue weighted by Gasteiger charge is 1.97. The van der Waals surface area contributed by atoms with Gasteiger partial charge in [0.2, 0.25) is 0 Å². The molecule has 0 fully saturated rings. The Morgan fingerprint density at radius 2 is 2.29 bits per heavy atom. The molecule has 7 heavy (non-hydrogen) atoms. The molecular formula is C4H5IO2. The van der Waals surface area contributed by atoms with E-state index in [0.29, 0.717) is 3.58 Å². The molecule has 0 aliphatic carbocycles. The fourth-order valence-corrected chi connectivity index (χ4v) is 0.331. The summed E-state index contributed by atoms with van der Waals surface area (Å²) in [6, 6.07) is 0. The van der Waals surface area contributed by atoms with E-state index in [-0.39, 0.29) is 5.97 Å². The first-order valence-electron chi connectivity index (χ1n) is 1.61. The van der Waals surface area contributed by atoms with Gasteiger partial charge >= 0.3 is 5.97 Å². The van der Waals surface area contributed by atoms with Crippen LogP contribution in [0, 0.1) is 0 Å². The molecule has 0 N–H and O–H groups in total. The van der Waals surface area contributed by atoms with Crippen molar-refractivity contribution in [3.05, 3.63) is 10.2 Å². The second kappa shape index (κ2) is 3.01. The van der Waals surface area contributed by atoms with Gasteiger partial charge in [-0.05, 0) is 22.6 Å². The number of hydrogen-bond acceptors (Lipinski definition) is 2. The Labute approximate surface area is 55.7 Å². The molecule has 0 saturated heterocycles. The van der Waals surface area contributed by atoms with Crippen LogP contribution in [-0.4, -0.2) is 13.1 Å². The number of hydrogen-bond donors (Lipinski definition) is 0. The Hall–Kier alpha value is -0.0600. The fraction of sp³-hybridized carbons (Fsp3) is 0.250. The molecule has 0 aromatic heterocycles. The summed E-state index contributed by atoms with van der Waals surface area (Å²) in [5.41, 5.74) is 0. The van der Waals surface area contributed by atoms with E-state index in [1.807, 2.05) is 0 Å². The van der Waals surface area contributed by atoms with Crippen molar-refractivity contribution in [3.63, 3.8) is 0 Å². The zero-order valence-electron chi connectivity index (χ0n) is 3.90. The van der Waals surface area contributed by atoms with Crippen molar-refractivity contribution in [1.29, 1.82) is 0 Å². The van der Waals surface area contributed by atoms with Crippen LogP contribution >= 0.6 is 22.6 Å². The van der Waals surface area contributed by atoms with Gasteiger partial charge in [0, 0.05) is 0 Å². The quantitative estimate of drug-likeness (QED) is 0.369. The minimum atomic E-state index is -0.361. The van der Waals surface area contributed by atoms with E-state index in [1.165, 1.54) is 7.11 Å². The largest absolute Gasteiger partial charge is 0.465 e. The van der Waals surface area contributed by atoms with Gasteiger partial charge in [-0.3, -0.25) is 0 Å². The van der Waals surface area contributed by atoms with Crippen molar-refractivity contribution in [2.75, 3.05) is 7.11 Å². The zero-order valence-corrected chi connectivity index (χ0v) is 6.06. The predicted octanol–water partition coefficient (Wildman–Crippen LogP) is 1.11. The van der Waals surface area contributed by atoms with Crippen LogP contribution < -0.4 is 0 Å². The predicted molar refractivity (Wildman–Crippen MR) is 35.2 cm³/mol. The van der Waals surface area contributed by atoms with Gasteiger partial charge in [0.15, 0.2) is 0 Å². The normalized spacial score (nSPS) is 7.71. The van der Waals surface area contributed by atoms with E-state index in [9.17, 15) is 4.79 Å². The highest BCUT2D eigenvalue weighted by atomic mass is 127. The lowest BCUT2D eigenvalue weighted by Crippen LogP contribution is -1.96. The summed E-state index contributed by atoms with van der Waals surface area (Å²) in [5, 5.41) is 0. The third-order valence-corrected chi connectivity index (χ3v) is 0.847. The summed E-state index contributed by atoms with van der Waals surface area (Å²) in [4.78, 5) is 10.2. The number of rotatable bonds is 1. The first-order chi connectivity index (χ1) is 3.18. The Bertz CT molecular complexity index is 97.9. The van der Waals surface area contributed by atoms with Gasteiger partial charge in [0.05, 0.1) is 10.7 Å². The lowest BCUT2D eigenvalue weighted by Gasteiger charge is -1.89. The van der Waals surface area contributed by atoms with Crippen LogP contribution in [0.5, 0.6) is 0 Å².